The molecule has 212 valence electrons. The van der Waals surface area contributed by atoms with Crippen molar-refractivity contribution in [3.63, 3.8) is 0 Å². The molecule has 0 aliphatic carbocycles. The fraction of sp³-hybridized carbons (Fsp3) is 0.370. The minimum atomic E-state index is -4.56. The van der Waals surface area contributed by atoms with Gasteiger partial charge in [-0.05, 0) is 62.1 Å². The van der Waals surface area contributed by atoms with Crippen molar-refractivity contribution < 1.29 is 27.5 Å². The van der Waals surface area contributed by atoms with Gasteiger partial charge in [0.2, 0.25) is 5.69 Å². The van der Waals surface area contributed by atoms with Gasteiger partial charge in [-0.2, -0.15) is 23.0 Å². The number of ether oxygens (including phenoxy) is 1. The number of nitrogens with zero attached hydrogens (tertiary/aromatic N) is 4. The molecular weight excluding hydrogens is 553 g/mol. The molecule has 2 heterocycles. The van der Waals surface area contributed by atoms with Gasteiger partial charge in [-0.15, -0.1) is 0 Å². The monoisotopic (exact) mass is 578 g/mol. The molecule has 40 heavy (non-hydrogen) atoms. The van der Waals surface area contributed by atoms with Gasteiger partial charge in [0, 0.05) is 18.1 Å². The Morgan fingerprint density at radius 1 is 1.12 bits per heavy atom. The number of piperidine rings is 1. The second-order valence-electron chi connectivity index (χ2n) is 9.40. The quantitative estimate of drug-likeness (QED) is 0.412. The Morgan fingerprint density at radius 2 is 1.82 bits per heavy atom. The molecule has 1 fully saturated rings. The summed E-state index contributed by atoms with van der Waals surface area (Å²) >= 11 is 6.24. The number of likely N-dealkylation sites (tertiary alicyclic amines) is 1. The Morgan fingerprint density at radius 3 is 2.45 bits per heavy atom. The fourth-order valence-electron chi connectivity index (χ4n) is 4.42. The number of esters is 1. The molecule has 1 aliphatic heterocycles. The maximum Gasteiger partial charge on any atom is 0.416 e. The van der Waals surface area contributed by atoms with Crippen LogP contribution >= 0.6 is 11.6 Å². The largest absolute Gasteiger partial charge is 0.466 e. The molecule has 0 spiro atoms. The van der Waals surface area contributed by atoms with Gasteiger partial charge in [-0.25, -0.2) is 4.79 Å². The van der Waals surface area contributed by atoms with E-state index in [1.54, 1.807) is 19.9 Å². The van der Waals surface area contributed by atoms with E-state index >= 15 is 0 Å². The molecule has 13 heteroatoms. The lowest BCUT2D eigenvalue weighted by molar-refractivity contribution is -0.149. The second kappa shape index (κ2) is 11.7. The number of alkyl halides is 3. The van der Waals surface area contributed by atoms with E-state index in [-0.39, 0.29) is 30.9 Å². The van der Waals surface area contributed by atoms with Gasteiger partial charge < -0.3 is 9.64 Å². The van der Waals surface area contributed by atoms with Gasteiger partial charge >= 0.3 is 17.8 Å². The van der Waals surface area contributed by atoms with Gasteiger partial charge in [0.15, 0.2) is 0 Å². The first-order chi connectivity index (χ1) is 18.9. The maximum atomic E-state index is 13.6. The van der Waals surface area contributed by atoms with Crippen LogP contribution in [-0.2, 0) is 22.3 Å². The number of aromatic nitrogens is 3. The Hall–Kier alpha value is -3.93. The molecule has 3 aromatic rings. The topological polar surface area (TPSA) is 104 Å². The summed E-state index contributed by atoms with van der Waals surface area (Å²) in [5, 5.41) is 4.41. The summed E-state index contributed by atoms with van der Waals surface area (Å²) in [6.45, 7) is 3.46. The third-order valence-corrected chi connectivity index (χ3v) is 7.02. The summed E-state index contributed by atoms with van der Waals surface area (Å²) in [6, 6.07) is 8.60. The normalized spacial score (nSPS) is 15.7. The minimum absolute atomic E-state index is 0.00712. The number of carbonyl (C=O) groups is 2. The van der Waals surface area contributed by atoms with Crippen LogP contribution in [-0.4, -0.2) is 50.8 Å². The minimum Gasteiger partial charge on any atom is -0.466 e. The molecule has 1 aromatic heterocycles. The van der Waals surface area contributed by atoms with Gasteiger partial charge in [-0.3, -0.25) is 19.0 Å². The third kappa shape index (κ3) is 6.11. The molecule has 0 saturated carbocycles. The highest BCUT2D eigenvalue weighted by molar-refractivity contribution is 6.31. The summed E-state index contributed by atoms with van der Waals surface area (Å²) in [6.07, 6.45) is -3.56. The molecule has 0 N–H and O–H groups in total. The predicted octanol–water partition coefficient (Wildman–Crippen LogP) is 3.84. The summed E-state index contributed by atoms with van der Waals surface area (Å²) in [4.78, 5) is 54.1. The van der Waals surface area contributed by atoms with Crippen LogP contribution in [0, 0.1) is 12.8 Å². The summed E-state index contributed by atoms with van der Waals surface area (Å²) < 4.78 is 45.7. The average Bonchev–Trinajstić information content (AvgIpc) is 2.92. The molecule has 1 amide bonds. The van der Waals surface area contributed by atoms with Gasteiger partial charge in [0.1, 0.15) is 0 Å². The van der Waals surface area contributed by atoms with Crippen molar-refractivity contribution in [3.05, 3.63) is 90.7 Å². The number of halogens is 4. The van der Waals surface area contributed by atoms with Crippen LogP contribution in [0.3, 0.4) is 0 Å². The standard InChI is InChI=1S/C27H26ClF3N4O5/c1-3-40-25(38)18-5-4-12-33(15-18)23(36)22-24(37)34(14-17-7-9-19(10-8-17)27(29,30)31)26(39)35(32-22)20-11-6-16(2)21(28)13-20/h6-11,13,18H,3-5,12,14-15H2,1-2H3/t18-/m1/s1. The Bertz CT molecular complexity index is 1550. The van der Waals surface area contributed by atoms with Crippen LogP contribution < -0.4 is 11.2 Å². The van der Waals surface area contributed by atoms with Crippen molar-refractivity contribution >= 4 is 23.5 Å². The van der Waals surface area contributed by atoms with Crippen molar-refractivity contribution in [2.24, 2.45) is 5.92 Å². The van der Waals surface area contributed by atoms with E-state index in [9.17, 15) is 32.3 Å². The van der Waals surface area contributed by atoms with Crippen LogP contribution in [0.4, 0.5) is 13.2 Å². The van der Waals surface area contributed by atoms with E-state index in [1.165, 1.54) is 17.0 Å². The van der Waals surface area contributed by atoms with Crippen molar-refractivity contribution in [1.29, 1.82) is 0 Å². The number of rotatable bonds is 6. The lowest BCUT2D eigenvalue weighted by Crippen LogP contribution is -2.49. The van der Waals surface area contributed by atoms with Crippen molar-refractivity contribution in [2.75, 3.05) is 19.7 Å². The summed E-state index contributed by atoms with van der Waals surface area (Å²) in [5.74, 6) is -1.81. The maximum absolute atomic E-state index is 13.6. The molecule has 2 aromatic carbocycles. The number of hydrogen-bond acceptors (Lipinski definition) is 6. The predicted molar refractivity (Wildman–Crippen MR) is 140 cm³/mol. The van der Waals surface area contributed by atoms with Crippen molar-refractivity contribution in [1.82, 2.24) is 19.2 Å². The Balaban J connectivity index is 1.79. The number of aryl methyl sites for hydroxylation is 1. The third-order valence-electron chi connectivity index (χ3n) is 6.61. The molecule has 0 unspecified atom stereocenters. The van der Waals surface area contributed by atoms with Gasteiger partial charge in [0.25, 0.3) is 11.5 Å². The van der Waals surface area contributed by atoms with E-state index in [2.05, 4.69) is 5.10 Å². The SMILES string of the molecule is CCOC(=O)[C@@H]1CCCN(C(=O)c2nn(-c3ccc(C)c(Cl)c3)c(=O)n(Cc3ccc(C(F)(F)F)cc3)c2=O)C1. The van der Waals surface area contributed by atoms with Crippen LogP contribution in [0.5, 0.6) is 0 Å². The number of amides is 1. The highest BCUT2D eigenvalue weighted by atomic mass is 35.5. The summed E-state index contributed by atoms with van der Waals surface area (Å²) in [5.41, 5.74) is -2.27. The first kappa shape index (κ1) is 29.1. The fourth-order valence-corrected chi connectivity index (χ4v) is 4.59. The highest BCUT2D eigenvalue weighted by Gasteiger charge is 2.33. The zero-order valence-corrected chi connectivity index (χ0v) is 22.5. The lowest BCUT2D eigenvalue weighted by atomic mass is 9.98. The zero-order chi connectivity index (χ0) is 29.2. The van der Waals surface area contributed by atoms with E-state index < -0.39 is 53.0 Å². The molecule has 0 radical (unpaired) electrons. The number of carbonyl (C=O) groups excluding carboxylic acids is 2. The van der Waals surface area contributed by atoms with E-state index in [4.69, 9.17) is 16.3 Å². The van der Waals surface area contributed by atoms with Crippen LogP contribution in [0.15, 0.2) is 52.1 Å². The first-order valence-electron chi connectivity index (χ1n) is 12.5. The second-order valence-corrected chi connectivity index (χ2v) is 9.81. The molecular formula is C27H26ClF3N4O5. The molecule has 4 rings (SSSR count). The molecule has 1 saturated heterocycles. The van der Waals surface area contributed by atoms with Gasteiger partial charge in [-0.1, -0.05) is 29.8 Å². The van der Waals surface area contributed by atoms with Crippen LogP contribution in [0.25, 0.3) is 5.69 Å². The molecule has 9 nitrogen and oxygen atoms in total. The van der Waals surface area contributed by atoms with E-state index in [0.29, 0.717) is 23.4 Å². The lowest BCUT2D eigenvalue weighted by Gasteiger charge is -2.31. The summed E-state index contributed by atoms with van der Waals surface area (Å²) in [7, 11) is 0. The zero-order valence-electron chi connectivity index (χ0n) is 21.7. The Labute approximate surface area is 231 Å². The van der Waals surface area contributed by atoms with Crippen molar-refractivity contribution in [3.8, 4) is 5.69 Å². The van der Waals surface area contributed by atoms with Crippen LogP contribution in [0.2, 0.25) is 5.02 Å². The number of benzene rings is 2. The molecule has 1 aliphatic rings. The average molecular weight is 579 g/mol. The van der Waals surface area contributed by atoms with E-state index in [0.717, 1.165) is 33.5 Å². The smallest absolute Gasteiger partial charge is 0.416 e. The van der Waals surface area contributed by atoms with E-state index in [1.807, 2.05) is 0 Å². The molecule has 0 bridgehead atoms. The van der Waals surface area contributed by atoms with Gasteiger partial charge in [0.05, 0.1) is 30.3 Å². The van der Waals surface area contributed by atoms with Crippen LogP contribution in [0.1, 0.15) is 46.9 Å². The first-order valence-corrected chi connectivity index (χ1v) is 12.9. The molecule has 1 atom stereocenters. The number of hydrogen-bond donors (Lipinski definition) is 0. The van der Waals surface area contributed by atoms with Crippen molar-refractivity contribution in [2.45, 2.75) is 39.4 Å². The highest BCUT2D eigenvalue weighted by Crippen LogP contribution is 2.29. The Kier molecular flexibility index (Phi) is 8.48.